The van der Waals surface area contributed by atoms with E-state index < -0.39 is 40.9 Å². The average molecular weight is 639 g/mol. The van der Waals surface area contributed by atoms with Crippen LogP contribution in [0.2, 0.25) is 0 Å². The van der Waals surface area contributed by atoms with E-state index in [1.54, 1.807) is 4.90 Å². The number of nitrogens with zero attached hydrogens (tertiary/aromatic N) is 6. The summed E-state index contributed by atoms with van der Waals surface area (Å²) in [7, 11) is 1.54. The highest BCUT2D eigenvalue weighted by Crippen LogP contribution is 2.43. The van der Waals surface area contributed by atoms with E-state index in [9.17, 15) is 36.2 Å². The van der Waals surface area contributed by atoms with Gasteiger partial charge in [-0.2, -0.15) is 31.1 Å². The number of rotatable bonds is 9. The minimum Gasteiger partial charge on any atom is -0.481 e. The molecule has 2 heterocycles. The Balaban J connectivity index is 1.58. The van der Waals surface area contributed by atoms with Gasteiger partial charge in [0.05, 0.1) is 30.6 Å². The summed E-state index contributed by atoms with van der Waals surface area (Å²) in [4.78, 5) is 16.5. The topological polar surface area (TPSA) is 87.4 Å². The normalized spacial score (nSPS) is 17.2. The summed E-state index contributed by atoms with van der Waals surface area (Å²) in [5, 5.41) is 21.8. The number of hydrogen-bond acceptors (Lipinski definition) is 6. The SMILES string of the molecule is Cn1nnc(N(Cc2cc(C(F)(F)F)cc(C(F)(F)F)c2)[C@H]2CCCN(CCC(C)(C)CC(=O)O)c3cc4c(cc32)CCC4)n1. The van der Waals surface area contributed by atoms with E-state index in [-0.39, 0.29) is 30.5 Å². The highest BCUT2D eigenvalue weighted by atomic mass is 19.4. The smallest absolute Gasteiger partial charge is 0.416 e. The highest BCUT2D eigenvalue weighted by Gasteiger charge is 2.38. The van der Waals surface area contributed by atoms with E-state index in [0.29, 0.717) is 32.4 Å². The van der Waals surface area contributed by atoms with Gasteiger partial charge in [-0.3, -0.25) is 4.79 Å². The summed E-state index contributed by atoms with van der Waals surface area (Å²) in [5.41, 5.74) is 0.797. The number of carboxylic acids is 1. The number of carboxylic acid groups (broad SMARTS) is 1. The van der Waals surface area contributed by atoms with Crippen molar-refractivity contribution in [3.63, 3.8) is 0 Å². The molecule has 1 N–H and O–H groups in total. The fraction of sp³-hybridized carbons (Fsp3) is 0.548. The fourth-order valence-electron chi connectivity index (χ4n) is 6.43. The Bertz CT molecular complexity index is 1520. The average Bonchev–Trinajstić information content (AvgIpc) is 3.53. The van der Waals surface area contributed by atoms with Crippen LogP contribution >= 0.6 is 0 Å². The monoisotopic (exact) mass is 638 g/mol. The molecule has 0 unspecified atom stereocenters. The van der Waals surface area contributed by atoms with Gasteiger partial charge in [0.25, 0.3) is 5.95 Å². The van der Waals surface area contributed by atoms with Gasteiger partial charge >= 0.3 is 18.3 Å². The first-order chi connectivity index (χ1) is 21.0. The zero-order chi connectivity index (χ0) is 32.7. The molecule has 2 aliphatic rings. The van der Waals surface area contributed by atoms with Crippen LogP contribution in [0.25, 0.3) is 0 Å². The first kappa shape index (κ1) is 32.6. The second-order valence-electron chi connectivity index (χ2n) is 12.8. The summed E-state index contributed by atoms with van der Waals surface area (Å²) in [6, 6.07) is 5.40. The van der Waals surface area contributed by atoms with Crippen molar-refractivity contribution < 1.29 is 36.2 Å². The maximum atomic E-state index is 13.7. The van der Waals surface area contributed by atoms with Crippen LogP contribution in [0, 0.1) is 5.41 Å². The quantitative estimate of drug-likeness (QED) is 0.253. The molecule has 0 amide bonds. The minimum absolute atomic E-state index is 0.0174. The number of hydrogen-bond donors (Lipinski definition) is 1. The van der Waals surface area contributed by atoms with Crippen molar-refractivity contribution in [2.45, 2.75) is 83.7 Å². The van der Waals surface area contributed by atoms with E-state index in [2.05, 4.69) is 32.4 Å². The maximum Gasteiger partial charge on any atom is 0.416 e. The molecule has 1 atom stereocenters. The molecule has 0 saturated heterocycles. The van der Waals surface area contributed by atoms with Crippen LogP contribution in [0.1, 0.15) is 85.4 Å². The molecular weight excluding hydrogens is 602 g/mol. The van der Waals surface area contributed by atoms with E-state index in [0.717, 1.165) is 48.2 Å². The van der Waals surface area contributed by atoms with Crippen LogP contribution in [0.15, 0.2) is 30.3 Å². The first-order valence-corrected chi connectivity index (χ1v) is 14.9. The summed E-state index contributed by atoms with van der Waals surface area (Å²) >= 11 is 0. The molecule has 45 heavy (non-hydrogen) atoms. The molecular formula is C31H36F6N6O2. The number of carbonyl (C=O) groups is 1. The van der Waals surface area contributed by atoms with Crippen molar-refractivity contribution in [3.05, 3.63) is 63.7 Å². The largest absolute Gasteiger partial charge is 0.481 e. The van der Waals surface area contributed by atoms with Crippen LogP contribution in [0.5, 0.6) is 0 Å². The van der Waals surface area contributed by atoms with Gasteiger partial charge in [0.15, 0.2) is 0 Å². The number of aliphatic carboxylic acids is 1. The molecule has 8 nitrogen and oxygen atoms in total. The first-order valence-electron chi connectivity index (χ1n) is 14.9. The highest BCUT2D eigenvalue weighted by molar-refractivity contribution is 5.67. The maximum absolute atomic E-state index is 13.7. The van der Waals surface area contributed by atoms with Crippen molar-refractivity contribution in [2.75, 3.05) is 22.9 Å². The van der Waals surface area contributed by atoms with Crippen molar-refractivity contribution in [1.82, 2.24) is 20.2 Å². The van der Waals surface area contributed by atoms with Crippen molar-refractivity contribution in [2.24, 2.45) is 12.5 Å². The third kappa shape index (κ3) is 7.52. The Morgan fingerprint density at radius 2 is 1.62 bits per heavy atom. The Labute approximate surface area is 257 Å². The predicted octanol–water partition coefficient (Wildman–Crippen LogP) is 6.98. The summed E-state index contributed by atoms with van der Waals surface area (Å²) < 4.78 is 82.5. The summed E-state index contributed by atoms with van der Waals surface area (Å²) in [6.45, 7) is 4.75. The van der Waals surface area contributed by atoms with Crippen LogP contribution < -0.4 is 9.80 Å². The lowest BCUT2D eigenvalue weighted by Crippen LogP contribution is -2.31. The Morgan fingerprint density at radius 1 is 0.978 bits per heavy atom. The summed E-state index contributed by atoms with van der Waals surface area (Å²) in [5.74, 6) is -0.777. The number of anilines is 2. The molecule has 1 aromatic heterocycles. The molecule has 244 valence electrons. The van der Waals surface area contributed by atoms with Gasteiger partial charge < -0.3 is 14.9 Å². The van der Waals surface area contributed by atoms with E-state index >= 15 is 0 Å². The second-order valence-corrected chi connectivity index (χ2v) is 12.8. The van der Waals surface area contributed by atoms with Crippen LogP contribution in [0.3, 0.4) is 0 Å². The number of alkyl halides is 6. The predicted molar refractivity (Wildman–Crippen MR) is 155 cm³/mol. The lowest BCUT2D eigenvalue weighted by molar-refractivity contribution is -0.143. The Kier molecular flexibility index (Phi) is 8.80. The van der Waals surface area contributed by atoms with Crippen molar-refractivity contribution in [1.29, 1.82) is 0 Å². The van der Waals surface area contributed by atoms with E-state index in [1.165, 1.54) is 17.4 Å². The van der Waals surface area contributed by atoms with E-state index in [4.69, 9.17) is 0 Å². The second kappa shape index (κ2) is 12.2. The van der Waals surface area contributed by atoms with Crippen molar-refractivity contribution >= 4 is 17.6 Å². The van der Waals surface area contributed by atoms with Gasteiger partial charge in [0, 0.05) is 25.3 Å². The number of halogens is 6. The molecule has 2 aromatic carbocycles. The molecule has 3 aromatic rings. The third-order valence-electron chi connectivity index (χ3n) is 8.67. The minimum atomic E-state index is -4.98. The molecule has 5 rings (SSSR count). The molecule has 1 aliphatic heterocycles. The van der Waals surface area contributed by atoms with Crippen LogP contribution in [-0.2, 0) is 43.6 Å². The molecule has 0 bridgehead atoms. The zero-order valence-corrected chi connectivity index (χ0v) is 25.3. The molecule has 0 spiro atoms. The number of aromatic nitrogens is 4. The van der Waals surface area contributed by atoms with Gasteiger partial charge in [-0.25, -0.2) is 0 Å². The number of tetrazole rings is 1. The molecule has 1 aliphatic carbocycles. The Hall–Kier alpha value is -3.84. The molecule has 0 fully saturated rings. The van der Waals surface area contributed by atoms with Crippen LogP contribution in [0.4, 0.5) is 38.0 Å². The summed E-state index contributed by atoms with van der Waals surface area (Å²) in [6.07, 6.45) is -5.37. The van der Waals surface area contributed by atoms with E-state index in [1.807, 2.05) is 13.8 Å². The van der Waals surface area contributed by atoms with Gasteiger partial charge in [-0.05, 0) is 95.7 Å². The van der Waals surface area contributed by atoms with Crippen LogP contribution in [-0.4, -0.2) is 44.4 Å². The fourth-order valence-corrected chi connectivity index (χ4v) is 6.43. The van der Waals surface area contributed by atoms with Gasteiger partial charge in [-0.15, -0.1) is 5.10 Å². The number of benzene rings is 2. The lowest BCUT2D eigenvalue weighted by Gasteiger charge is -2.34. The van der Waals surface area contributed by atoms with Gasteiger partial charge in [0.2, 0.25) is 0 Å². The zero-order valence-electron chi connectivity index (χ0n) is 25.3. The lowest BCUT2D eigenvalue weighted by atomic mass is 9.85. The number of aryl methyl sites for hydroxylation is 3. The standard InChI is InChI=1S/C31H36F6N6O2/c1-29(2,17-27(44)45)9-11-42-10-5-8-25(24-14-20-6-4-7-21(20)15-26(24)42)43(28-38-40-41(3)39-28)18-19-12-22(30(32,33)34)16-23(13-19)31(35,36)37/h12-16,25H,4-11,17-18H2,1-3H3,(H,44,45)/t25-/m0/s1. The van der Waals surface area contributed by atoms with Crippen molar-refractivity contribution in [3.8, 4) is 0 Å². The molecule has 14 heteroatoms. The van der Waals surface area contributed by atoms with Gasteiger partial charge in [-0.1, -0.05) is 25.0 Å². The third-order valence-corrected chi connectivity index (χ3v) is 8.67. The van der Waals surface area contributed by atoms with Gasteiger partial charge in [0.1, 0.15) is 0 Å². The molecule has 0 saturated carbocycles. The Morgan fingerprint density at radius 3 is 2.20 bits per heavy atom. The number of fused-ring (bicyclic) bond motifs is 2. The molecule has 0 radical (unpaired) electrons.